The SMILES string of the molecule is CN=C(NCCOCCC(C)C)NCc1cccc(COC)c1. The van der Waals surface area contributed by atoms with Gasteiger partial charge >= 0.3 is 0 Å². The molecule has 0 aliphatic heterocycles. The second-order valence-corrected chi connectivity index (χ2v) is 5.90. The number of methoxy groups -OCH3 is 1. The minimum absolute atomic E-state index is 0.633. The Kier molecular flexibility index (Phi) is 10.1. The maximum atomic E-state index is 5.59. The molecule has 1 aromatic rings. The molecular formula is C18H31N3O2. The van der Waals surface area contributed by atoms with Gasteiger partial charge in [0, 0.05) is 33.9 Å². The smallest absolute Gasteiger partial charge is 0.191 e. The van der Waals surface area contributed by atoms with Crippen LogP contribution in [0.3, 0.4) is 0 Å². The average Bonchev–Trinajstić information content (AvgIpc) is 2.54. The van der Waals surface area contributed by atoms with Gasteiger partial charge in [-0.05, 0) is 23.5 Å². The second kappa shape index (κ2) is 11.9. The highest BCUT2D eigenvalue weighted by Gasteiger charge is 2.00. The van der Waals surface area contributed by atoms with Crippen molar-refractivity contribution in [3.63, 3.8) is 0 Å². The van der Waals surface area contributed by atoms with E-state index in [9.17, 15) is 0 Å². The van der Waals surface area contributed by atoms with E-state index in [0.29, 0.717) is 19.1 Å². The Hall–Kier alpha value is -1.59. The summed E-state index contributed by atoms with van der Waals surface area (Å²) in [6.07, 6.45) is 1.10. The minimum Gasteiger partial charge on any atom is -0.380 e. The molecule has 1 rings (SSSR count). The van der Waals surface area contributed by atoms with E-state index in [2.05, 4.69) is 47.7 Å². The average molecular weight is 321 g/mol. The first-order chi connectivity index (χ1) is 11.2. The van der Waals surface area contributed by atoms with E-state index < -0.39 is 0 Å². The summed E-state index contributed by atoms with van der Waals surface area (Å²) in [6.45, 7) is 8.03. The highest BCUT2D eigenvalue weighted by molar-refractivity contribution is 5.79. The zero-order valence-corrected chi connectivity index (χ0v) is 14.9. The highest BCUT2D eigenvalue weighted by atomic mass is 16.5. The van der Waals surface area contributed by atoms with Gasteiger partial charge in [0.2, 0.25) is 0 Å². The van der Waals surface area contributed by atoms with Gasteiger partial charge in [0.1, 0.15) is 0 Å². The molecule has 130 valence electrons. The summed E-state index contributed by atoms with van der Waals surface area (Å²) in [5.74, 6) is 1.47. The molecule has 5 nitrogen and oxygen atoms in total. The molecule has 0 spiro atoms. The van der Waals surface area contributed by atoms with Gasteiger partial charge in [-0.3, -0.25) is 4.99 Å². The molecule has 0 amide bonds. The van der Waals surface area contributed by atoms with E-state index >= 15 is 0 Å². The summed E-state index contributed by atoms with van der Waals surface area (Å²) in [4.78, 5) is 4.22. The Morgan fingerprint density at radius 3 is 2.65 bits per heavy atom. The first-order valence-corrected chi connectivity index (χ1v) is 8.24. The van der Waals surface area contributed by atoms with Crippen LogP contribution in [0.1, 0.15) is 31.4 Å². The van der Waals surface area contributed by atoms with Gasteiger partial charge < -0.3 is 20.1 Å². The van der Waals surface area contributed by atoms with Crippen LogP contribution in [0.15, 0.2) is 29.3 Å². The van der Waals surface area contributed by atoms with Crippen molar-refractivity contribution >= 4 is 5.96 Å². The number of rotatable bonds is 10. The number of nitrogens with zero attached hydrogens (tertiary/aromatic N) is 1. The summed E-state index contributed by atoms with van der Waals surface area (Å²) >= 11 is 0. The monoisotopic (exact) mass is 321 g/mol. The van der Waals surface area contributed by atoms with Crippen molar-refractivity contribution in [3.8, 4) is 0 Å². The number of guanidine groups is 1. The lowest BCUT2D eigenvalue weighted by Gasteiger charge is -2.13. The molecule has 5 heteroatoms. The largest absolute Gasteiger partial charge is 0.380 e. The molecule has 0 bridgehead atoms. The molecule has 0 saturated heterocycles. The minimum atomic E-state index is 0.633. The van der Waals surface area contributed by atoms with Gasteiger partial charge in [-0.2, -0.15) is 0 Å². The van der Waals surface area contributed by atoms with Crippen LogP contribution in [0.2, 0.25) is 0 Å². The second-order valence-electron chi connectivity index (χ2n) is 5.90. The fourth-order valence-corrected chi connectivity index (χ4v) is 2.07. The molecule has 2 N–H and O–H groups in total. The maximum Gasteiger partial charge on any atom is 0.191 e. The lowest BCUT2D eigenvalue weighted by atomic mass is 10.1. The third-order valence-electron chi connectivity index (χ3n) is 3.36. The summed E-state index contributed by atoms with van der Waals surface area (Å²) in [7, 11) is 3.48. The van der Waals surface area contributed by atoms with Crippen molar-refractivity contribution in [2.45, 2.75) is 33.4 Å². The molecule has 0 fully saturated rings. The van der Waals surface area contributed by atoms with Crippen molar-refractivity contribution in [1.82, 2.24) is 10.6 Å². The van der Waals surface area contributed by atoms with Crippen molar-refractivity contribution in [2.24, 2.45) is 10.9 Å². The molecule has 0 radical (unpaired) electrons. The van der Waals surface area contributed by atoms with Gasteiger partial charge in [0.15, 0.2) is 5.96 Å². The third kappa shape index (κ3) is 9.21. The van der Waals surface area contributed by atoms with Crippen LogP contribution in [0.5, 0.6) is 0 Å². The number of nitrogens with one attached hydrogen (secondary N) is 2. The maximum absolute atomic E-state index is 5.59. The predicted octanol–water partition coefficient (Wildman–Crippen LogP) is 2.56. The molecule has 0 unspecified atom stereocenters. The third-order valence-corrected chi connectivity index (χ3v) is 3.36. The molecule has 0 saturated carbocycles. The van der Waals surface area contributed by atoms with Crippen molar-refractivity contribution < 1.29 is 9.47 Å². The lowest BCUT2D eigenvalue weighted by Crippen LogP contribution is -2.38. The summed E-state index contributed by atoms with van der Waals surface area (Å²) in [6, 6.07) is 8.34. The molecule has 1 aromatic carbocycles. The quantitative estimate of drug-likeness (QED) is 0.395. The number of aliphatic imine (C=N–C) groups is 1. The van der Waals surface area contributed by atoms with Crippen LogP contribution < -0.4 is 10.6 Å². The fraction of sp³-hybridized carbons (Fsp3) is 0.611. The molecule has 0 atom stereocenters. The first kappa shape index (κ1) is 19.5. The van der Waals surface area contributed by atoms with Crippen LogP contribution in [-0.2, 0) is 22.6 Å². The molecule has 0 aromatic heterocycles. The lowest BCUT2D eigenvalue weighted by molar-refractivity contribution is 0.128. The Bertz CT molecular complexity index is 461. The van der Waals surface area contributed by atoms with E-state index in [1.807, 2.05) is 6.07 Å². The van der Waals surface area contributed by atoms with Crippen LogP contribution in [0.4, 0.5) is 0 Å². The normalized spacial score (nSPS) is 11.8. The van der Waals surface area contributed by atoms with E-state index in [0.717, 1.165) is 32.1 Å². The van der Waals surface area contributed by atoms with Crippen LogP contribution in [-0.4, -0.2) is 39.9 Å². The molecule has 0 heterocycles. The van der Waals surface area contributed by atoms with Gasteiger partial charge in [-0.1, -0.05) is 38.1 Å². The van der Waals surface area contributed by atoms with Crippen molar-refractivity contribution in [1.29, 1.82) is 0 Å². The Morgan fingerprint density at radius 2 is 1.96 bits per heavy atom. The van der Waals surface area contributed by atoms with Crippen molar-refractivity contribution in [2.75, 3.05) is 33.9 Å². The Balaban J connectivity index is 2.25. The zero-order valence-electron chi connectivity index (χ0n) is 14.9. The van der Waals surface area contributed by atoms with Gasteiger partial charge in [0.05, 0.1) is 13.2 Å². The number of benzene rings is 1. The number of hydrogen-bond acceptors (Lipinski definition) is 3. The zero-order chi connectivity index (χ0) is 16.9. The summed E-state index contributed by atoms with van der Waals surface area (Å²) in [5.41, 5.74) is 2.38. The summed E-state index contributed by atoms with van der Waals surface area (Å²) in [5, 5.41) is 6.56. The van der Waals surface area contributed by atoms with Gasteiger partial charge in [-0.25, -0.2) is 0 Å². The van der Waals surface area contributed by atoms with Crippen LogP contribution in [0.25, 0.3) is 0 Å². The molecular weight excluding hydrogens is 290 g/mol. The van der Waals surface area contributed by atoms with E-state index in [1.54, 1.807) is 14.2 Å². The van der Waals surface area contributed by atoms with E-state index in [4.69, 9.17) is 9.47 Å². The highest BCUT2D eigenvalue weighted by Crippen LogP contribution is 2.06. The fourth-order valence-electron chi connectivity index (χ4n) is 2.07. The van der Waals surface area contributed by atoms with Crippen LogP contribution in [0, 0.1) is 5.92 Å². The van der Waals surface area contributed by atoms with Gasteiger partial charge in [-0.15, -0.1) is 0 Å². The standard InChI is InChI=1S/C18H31N3O2/c1-15(2)8-10-23-11-9-20-18(19-3)21-13-16-6-5-7-17(12-16)14-22-4/h5-7,12,15H,8-11,13-14H2,1-4H3,(H2,19,20,21). The Labute approximate surface area is 140 Å². The van der Waals surface area contributed by atoms with E-state index in [-0.39, 0.29) is 0 Å². The van der Waals surface area contributed by atoms with Crippen molar-refractivity contribution in [3.05, 3.63) is 35.4 Å². The topological polar surface area (TPSA) is 54.9 Å². The Morgan fingerprint density at radius 1 is 1.17 bits per heavy atom. The molecule has 0 aliphatic carbocycles. The predicted molar refractivity (Wildman–Crippen MR) is 95.6 cm³/mol. The number of hydrogen-bond donors (Lipinski definition) is 2. The first-order valence-electron chi connectivity index (χ1n) is 8.24. The molecule has 23 heavy (non-hydrogen) atoms. The van der Waals surface area contributed by atoms with Crippen LogP contribution >= 0.6 is 0 Å². The summed E-state index contributed by atoms with van der Waals surface area (Å²) < 4.78 is 10.7. The van der Waals surface area contributed by atoms with E-state index in [1.165, 1.54) is 11.1 Å². The number of ether oxygens (including phenoxy) is 2. The van der Waals surface area contributed by atoms with Gasteiger partial charge in [0.25, 0.3) is 0 Å². The molecule has 0 aliphatic rings.